The highest BCUT2D eigenvalue weighted by Gasteiger charge is 2.19. The summed E-state index contributed by atoms with van der Waals surface area (Å²) in [5.74, 6) is -0.713. The van der Waals surface area contributed by atoms with Gasteiger partial charge in [0.25, 0.3) is 0 Å². The van der Waals surface area contributed by atoms with E-state index in [0.717, 1.165) is 0 Å². The van der Waals surface area contributed by atoms with Crippen molar-refractivity contribution in [1.29, 1.82) is 0 Å². The third-order valence-corrected chi connectivity index (χ3v) is 3.31. The Balaban J connectivity index is 3.12. The zero-order valence-corrected chi connectivity index (χ0v) is 12.0. The van der Waals surface area contributed by atoms with Crippen LogP contribution in [0.2, 0.25) is 0 Å². The molecular formula is C11H17N3O4S. The first kappa shape index (κ1) is 15.4. The van der Waals surface area contributed by atoms with E-state index in [1.54, 1.807) is 26.8 Å². The number of aromatic nitrogens is 1. The molecule has 0 aliphatic carbocycles. The molecule has 1 aromatic heterocycles. The van der Waals surface area contributed by atoms with Crippen LogP contribution in [0, 0.1) is 6.92 Å². The topological polar surface area (TPSA) is 97.4 Å². The summed E-state index contributed by atoms with van der Waals surface area (Å²) in [6.45, 7) is 5.06. The number of pyridine rings is 1. The molecule has 0 amide bonds. The fourth-order valence-electron chi connectivity index (χ4n) is 1.38. The van der Waals surface area contributed by atoms with E-state index in [2.05, 4.69) is 19.2 Å². The van der Waals surface area contributed by atoms with E-state index in [-0.39, 0.29) is 17.4 Å². The molecule has 8 heteroatoms. The van der Waals surface area contributed by atoms with Gasteiger partial charge < -0.3 is 4.74 Å². The predicted octanol–water partition coefficient (Wildman–Crippen LogP) is 0.831. The van der Waals surface area contributed by atoms with Crippen LogP contribution >= 0.6 is 0 Å². The first-order chi connectivity index (χ1) is 8.75. The van der Waals surface area contributed by atoms with Gasteiger partial charge in [-0.1, -0.05) is 0 Å². The monoisotopic (exact) mass is 287 g/mol. The SMILES string of the molecule is COC(=O)c1ccc(C)nc1NS(=O)(=O)NC(C)C. The summed E-state index contributed by atoms with van der Waals surface area (Å²) in [6.07, 6.45) is 0. The molecule has 0 spiro atoms. The molecule has 0 atom stereocenters. The Morgan fingerprint density at radius 3 is 2.53 bits per heavy atom. The third kappa shape index (κ3) is 4.49. The van der Waals surface area contributed by atoms with Gasteiger partial charge in [0.15, 0.2) is 5.82 Å². The van der Waals surface area contributed by atoms with Crippen LogP contribution in [-0.2, 0) is 14.9 Å². The number of methoxy groups -OCH3 is 1. The number of hydrogen-bond donors (Lipinski definition) is 2. The van der Waals surface area contributed by atoms with Gasteiger partial charge in [-0.3, -0.25) is 4.72 Å². The van der Waals surface area contributed by atoms with E-state index in [1.165, 1.54) is 13.2 Å². The van der Waals surface area contributed by atoms with E-state index in [4.69, 9.17) is 0 Å². The number of carbonyl (C=O) groups excluding carboxylic acids is 1. The fourth-order valence-corrected chi connectivity index (χ4v) is 2.47. The van der Waals surface area contributed by atoms with Crippen molar-refractivity contribution < 1.29 is 17.9 Å². The van der Waals surface area contributed by atoms with E-state index in [0.29, 0.717) is 5.69 Å². The molecule has 0 aromatic carbocycles. The molecule has 1 rings (SSSR count). The minimum atomic E-state index is -3.79. The van der Waals surface area contributed by atoms with Gasteiger partial charge in [0.1, 0.15) is 5.56 Å². The molecule has 0 aliphatic rings. The highest BCUT2D eigenvalue weighted by atomic mass is 32.2. The van der Waals surface area contributed by atoms with Crippen LogP contribution in [0.1, 0.15) is 29.9 Å². The van der Waals surface area contributed by atoms with Crippen LogP contribution < -0.4 is 9.44 Å². The molecule has 0 fully saturated rings. The quantitative estimate of drug-likeness (QED) is 0.782. The first-order valence-electron chi connectivity index (χ1n) is 5.61. The summed E-state index contributed by atoms with van der Waals surface area (Å²) in [5.41, 5.74) is 0.636. The van der Waals surface area contributed by atoms with Crippen LogP contribution in [0.25, 0.3) is 0 Å². The van der Waals surface area contributed by atoms with Gasteiger partial charge in [-0.15, -0.1) is 0 Å². The second-order valence-electron chi connectivity index (χ2n) is 4.22. The van der Waals surface area contributed by atoms with Crippen molar-refractivity contribution in [3.05, 3.63) is 23.4 Å². The van der Waals surface area contributed by atoms with Crippen LogP contribution in [0.15, 0.2) is 12.1 Å². The van der Waals surface area contributed by atoms with Gasteiger partial charge in [-0.2, -0.15) is 13.1 Å². The molecule has 0 radical (unpaired) electrons. The summed E-state index contributed by atoms with van der Waals surface area (Å²) < 4.78 is 32.7. The maximum absolute atomic E-state index is 11.8. The van der Waals surface area contributed by atoms with Gasteiger partial charge in [-0.25, -0.2) is 9.78 Å². The molecule has 0 saturated carbocycles. The van der Waals surface area contributed by atoms with Crippen molar-refractivity contribution in [2.75, 3.05) is 11.8 Å². The largest absolute Gasteiger partial charge is 0.465 e. The maximum Gasteiger partial charge on any atom is 0.341 e. The van der Waals surface area contributed by atoms with Crippen molar-refractivity contribution >= 4 is 22.0 Å². The normalized spacial score (nSPS) is 11.4. The number of ether oxygens (including phenoxy) is 1. The van der Waals surface area contributed by atoms with Crippen LogP contribution in [0.5, 0.6) is 0 Å². The van der Waals surface area contributed by atoms with Crippen molar-refractivity contribution in [1.82, 2.24) is 9.71 Å². The Morgan fingerprint density at radius 1 is 1.37 bits per heavy atom. The molecule has 1 aromatic rings. The van der Waals surface area contributed by atoms with Gasteiger partial charge in [0, 0.05) is 11.7 Å². The lowest BCUT2D eigenvalue weighted by atomic mass is 10.2. The van der Waals surface area contributed by atoms with Crippen molar-refractivity contribution in [3.8, 4) is 0 Å². The summed E-state index contributed by atoms with van der Waals surface area (Å²) in [6, 6.07) is 2.78. The number of carbonyl (C=O) groups is 1. The minimum Gasteiger partial charge on any atom is -0.465 e. The van der Waals surface area contributed by atoms with Crippen LogP contribution in [0.3, 0.4) is 0 Å². The predicted molar refractivity (Wildman–Crippen MR) is 71.1 cm³/mol. The molecule has 19 heavy (non-hydrogen) atoms. The number of nitrogens with one attached hydrogen (secondary N) is 2. The summed E-state index contributed by atoms with van der Waals surface area (Å²) in [4.78, 5) is 15.5. The third-order valence-electron chi connectivity index (χ3n) is 2.06. The molecular weight excluding hydrogens is 270 g/mol. The van der Waals surface area contributed by atoms with E-state index >= 15 is 0 Å². The molecule has 0 saturated heterocycles. The Morgan fingerprint density at radius 2 is 2.00 bits per heavy atom. The summed E-state index contributed by atoms with van der Waals surface area (Å²) in [7, 11) is -2.57. The summed E-state index contributed by atoms with van der Waals surface area (Å²) >= 11 is 0. The van der Waals surface area contributed by atoms with E-state index < -0.39 is 16.2 Å². The van der Waals surface area contributed by atoms with E-state index in [1.807, 2.05) is 0 Å². The van der Waals surface area contributed by atoms with Gasteiger partial charge in [0.2, 0.25) is 0 Å². The Bertz CT molecular complexity index is 569. The average molecular weight is 287 g/mol. The summed E-state index contributed by atoms with van der Waals surface area (Å²) in [5, 5.41) is 0. The average Bonchev–Trinajstić information content (AvgIpc) is 2.25. The number of hydrogen-bond acceptors (Lipinski definition) is 5. The molecule has 7 nitrogen and oxygen atoms in total. The Labute approximate surface area is 112 Å². The Kier molecular flexibility index (Phi) is 4.84. The van der Waals surface area contributed by atoms with E-state index in [9.17, 15) is 13.2 Å². The highest BCUT2D eigenvalue weighted by Crippen LogP contribution is 2.15. The zero-order chi connectivity index (χ0) is 14.6. The second-order valence-corrected chi connectivity index (χ2v) is 5.67. The fraction of sp³-hybridized carbons (Fsp3) is 0.455. The lowest BCUT2D eigenvalue weighted by Crippen LogP contribution is -2.36. The zero-order valence-electron chi connectivity index (χ0n) is 11.2. The van der Waals surface area contributed by atoms with Gasteiger partial charge in [-0.05, 0) is 32.9 Å². The van der Waals surface area contributed by atoms with Crippen molar-refractivity contribution in [2.24, 2.45) is 0 Å². The smallest absolute Gasteiger partial charge is 0.341 e. The molecule has 2 N–H and O–H groups in total. The number of esters is 1. The number of anilines is 1. The maximum atomic E-state index is 11.8. The standard InChI is InChI=1S/C11H17N3O4S/c1-7(2)13-19(16,17)14-10-9(11(15)18-4)6-5-8(3)12-10/h5-7,13H,1-4H3,(H,12,14). The molecule has 106 valence electrons. The molecule has 0 bridgehead atoms. The van der Waals surface area contributed by atoms with Gasteiger partial charge >= 0.3 is 16.2 Å². The molecule has 0 aliphatic heterocycles. The number of rotatable bonds is 5. The second kappa shape index (κ2) is 5.98. The van der Waals surface area contributed by atoms with Crippen molar-refractivity contribution in [2.45, 2.75) is 26.8 Å². The number of aryl methyl sites for hydroxylation is 1. The first-order valence-corrected chi connectivity index (χ1v) is 7.09. The lowest BCUT2D eigenvalue weighted by Gasteiger charge is -2.13. The Hall–Kier alpha value is -1.67. The van der Waals surface area contributed by atoms with Gasteiger partial charge in [0.05, 0.1) is 7.11 Å². The molecule has 1 heterocycles. The van der Waals surface area contributed by atoms with Crippen LogP contribution in [-0.4, -0.2) is 32.5 Å². The van der Waals surface area contributed by atoms with Crippen molar-refractivity contribution in [3.63, 3.8) is 0 Å². The number of nitrogens with zero attached hydrogens (tertiary/aromatic N) is 1. The minimum absolute atomic E-state index is 0.0556. The lowest BCUT2D eigenvalue weighted by molar-refractivity contribution is 0.0601. The van der Waals surface area contributed by atoms with Crippen LogP contribution in [0.4, 0.5) is 5.82 Å². The highest BCUT2D eigenvalue weighted by molar-refractivity contribution is 7.90. The molecule has 0 unspecified atom stereocenters.